The van der Waals surface area contributed by atoms with Crippen LogP contribution < -0.4 is 24.6 Å². The lowest BCUT2D eigenvalue weighted by atomic mass is 10.1. The molecule has 162 valence electrons. The number of benzene rings is 2. The molecule has 6 heteroatoms. The number of hydrogen-bond donors (Lipinski definition) is 2. The molecule has 1 aliphatic heterocycles. The fourth-order valence-electron chi connectivity index (χ4n) is 3.87. The topological polar surface area (TPSA) is 55.2 Å². The van der Waals surface area contributed by atoms with Gasteiger partial charge in [0.15, 0.2) is 6.54 Å². The minimum Gasteiger partial charge on any atom is -0.494 e. The lowest BCUT2D eigenvalue weighted by molar-refractivity contribution is -0.892. The van der Waals surface area contributed by atoms with E-state index in [4.69, 9.17) is 9.47 Å². The number of ether oxygens (including phenoxy) is 2. The first-order chi connectivity index (χ1) is 14.5. The number of hydrogen-bond acceptors (Lipinski definition) is 4. The summed E-state index contributed by atoms with van der Waals surface area (Å²) in [5.74, 6) is 1.40. The van der Waals surface area contributed by atoms with Gasteiger partial charge in [0.25, 0.3) is 5.91 Å². The van der Waals surface area contributed by atoms with Crippen molar-refractivity contribution in [3.63, 3.8) is 0 Å². The second kappa shape index (κ2) is 10.3. The predicted octanol–water partition coefficient (Wildman–Crippen LogP) is 2.44. The van der Waals surface area contributed by atoms with E-state index < -0.39 is 0 Å². The number of aryl methyl sites for hydroxylation is 2. The van der Waals surface area contributed by atoms with Crippen LogP contribution in [0.25, 0.3) is 0 Å². The molecule has 0 bridgehead atoms. The maximum absolute atomic E-state index is 12.7. The summed E-state index contributed by atoms with van der Waals surface area (Å²) in [7, 11) is 0. The second-order valence-corrected chi connectivity index (χ2v) is 7.78. The third-order valence-corrected chi connectivity index (χ3v) is 5.42. The van der Waals surface area contributed by atoms with E-state index in [1.54, 1.807) is 0 Å². The van der Waals surface area contributed by atoms with Gasteiger partial charge in [0.2, 0.25) is 0 Å². The van der Waals surface area contributed by atoms with E-state index in [-0.39, 0.29) is 5.91 Å². The van der Waals surface area contributed by atoms with Gasteiger partial charge in [-0.3, -0.25) is 4.79 Å². The van der Waals surface area contributed by atoms with E-state index in [1.165, 1.54) is 21.7 Å². The number of nitrogens with zero attached hydrogens (tertiary/aromatic N) is 1. The van der Waals surface area contributed by atoms with Gasteiger partial charge < -0.3 is 24.6 Å². The summed E-state index contributed by atoms with van der Waals surface area (Å²) in [6.45, 7) is 13.5. The summed E-state index contributed by atoms with van der Waals surface area (Å²) in [5.41, 5.74) is 4.57. The summed E-state index contributed by atoms with van der Waals surface area (Å²) in [4.78, 5) is 16.4. The van der Waals surface area contributed by atoms with Crippen molar-refractivity contribution in [2.45, 2.75) is 27.7 Å². The highest BCUT2D eigenvalue weighted by molar-refractivity contribution is 5.93. The van der Waals surface area contributed by atoms with E-state index in [9.17, 15) is 4.79 Å². The summed E-state index contributed by atoms with van der Waals surface area (Å²) in [5, 5.41) is 3.02. The van der Waals surface area contributed by atoms with Gasteiger partial charge >= 0.3 is 0 Å². The molecule has 0 atom stereocenters. The minimum atomic E-state index is -0.000197. The normalized spacial score (nSPS) is 14.5. The molecular weight excluding hydrogens is 378 g/mol. The van der Waals surface area contributed by atoms with E-state index in [1.807, 2.05) is 32.0 Å². The van der Waals surface area contributed by atoms with Gasteiger partial charge in [-0.25, -0.2) is 0 Å². The monoisotopic (exact) mass is 412 g/mol. The molecular formula is C24H34N3O3+. The van der Waals surface area contributed by atoms with Gasteiger partial charge in [-0.05, 0) is 57.0 Å². The summed E-state index contributed by atoms with van der Waals surface area (Å²) < 4.78 is 11.2. The maximum Gasteiger partial charge on any atom is 0.279 e. The van der Waals surface area contributed by atoms with Gasteiger partial charge in [-0.15, -0.1) is 0 Å². The Morgan fingerprint density at radius 2 is 1.77 bits per heavy atom. The van der Waals surface area contributed by atoms with Gasteiger partial charge in [-0.1, -0.05) is 12.1 Å². The molecule has 30 heavy (non-hydrogen) atoms. The van der Waals surface area contributed by atoms with E-state index in [0.29, 0.717) is 31.2 Å². The molecule has 1 saturated heterocycles. The molecule has 2 aromatic rings. The number of anilines is 2. The highest BCUT2D eigenvalue weighted by atomic mass is 16.5. The highest BCUT2D eigenvalue weighted by Gasteiger charge is 2.23. The molecule has 0 aromatic heterocycles. The molecule has 1 fully saturated rings. The zero-order chi connectivity index (χ0) is 21.5. The molecule has 2 N–H and O–H groups in total. The number of piperazine rings is 1. The first-order valence-corrected chi connectivity index (χ1v) is 10.9. The van der Waals surface area contributed by atoms with Crippen LogP contribution in [0.2, 0.25) is 0 Å². The van der Waals surface area contributed by atoms with Crippen LogP contribution in [-0.2, 0) is 4.79 Å². The van der Waals surface area contributed by atoms with Crippen molar-refractivity contribution in [1.82, 2.24) is 0 Å². The third-order valence-electron chi connectivity index (χ3n) is 5.42. The minimum absolute atomic E-state index is 0.000197. The smallest absolute Gasteiger partial charge is 0.279 e. The van der Waals surface area contributed by atoms with Crippen molar-refractivity contribution < 1.29 is 19.2 Å². The number of rotatable bonds is 8. The number of nitrogens with one attached hydrogen (secondary N) is 2. The Kier molecular flexibility index (Phi) is 7.57. The summed E-state index contributed by atoms with van der Waals surface area (Å²) >= 11 is 0. The molecule has 1 amide bonds. The molecule has 2 aromatic carbocycles. The third kappa shape index (κ3) is 5.66. The first kappa shape index (κ1) is 22.0. The van der Waals surface area contributed by atoms with Crippen LogP contribution in [-0.4, -0.2) is 51.8 Å². The molecule has 1 heterocycles. The Morgan fingerprint density at radius 3 is 2.47 bits per heavy atom. The zero-order valence-electron chi connectivity index (χ0n) is 18.6. The summed E-state index contributed by atoms with van der Waals surface area (Å²) in [6, 6.07) is 12.1. The molecule has 0 aliphatic carbocycles. The van der Waals surface area contributed by atoms with Crippen LogP contribution in [0.4, 0.5) is 11.4 Å². The molecule has 3 rings (SSSR count). The van der Waals surface area contributed by atoms with E-state index in [0.717, 1.165) is 31.9 Å². The molecule has 1 aliphatic rings. The Morgan fingerprint density at radius 1 is 1.03 bits per heavy atom. The predicted molar refractivity (Wildman–Crippen MR) is 121 cm³/mol. The first-order valence-electron chi connectivity index (χ1n) is 10.9. The SMILES string of the molecule is CCOc1ccc(OCC)c(NC(=O)C[NH+]2CCN(c3cc(C)ccc3C)CC2)c1. The van der Waals surface area contributed by atoms with Crippen LogP contribution in [0.1, 0.15) is 25.0 Å². The largest absolute Gasteiger partial charge is 0.494 e. The Bertz CT molecular complexity index is 861. The van der Waals surface area contributed by atoms with Crippen molar-refractivity contribution in [3.05, 3.63) is 47.5 Å². The highest BCUT2D eigenvalue weighted by Crippen LogP contribution is 2.29. The average Bonchev–Trinajstić information content (AvgIpc) is 2.73. The van der Waals surface area contributed by atoms with E-state index in [2.05, 4.69) is 42.3 Å². The van der Waals surface area contributed by atoms with Crippen LogP contribution in [0.5, 0.6) is 11.5 Å². The zero-order valence-corrected chi connectivity index (χ0v) is 18.6. The standard InChI is InChI=1S/C24H33N3O3/c1-5-29-20-9-10-23(30-6-2)21(16-20)25-24(28)17-26-11-13-27(14-12-26)22-15-18(3)7-8-19(22)4/h7-10,15-16H,5-6,11-14,17H2,1-4H3,(H,25,28)/p+1. The number of carbonyl (C=O) groups is 1. The van der Waals surface area contributed by atoms with Gasteiger partial charge in [0, 0.05) is 11.8 Å². The molecule has 6 nitrogen and oxygen atoms in total. The van der Waals surface area contributed by atoms with Crippen LogP contribution >= 0.6 is 0 Å². The molecule has 0 radical (unpaired) electrons. The fraction of sp³-hybridized carbons (Fsp3) is 0.458. The molecule has 0 saturated carbocycles. The lowest BCUT2D eigenvalue weighted by Crippen LogP contribution is -3.15. The van der Waals surface area contributed by atoms with Crippen molar-refractivity contribution in [3.8, 4) is 11.5 Å². The van der Waals surface area contributed by atoms with Gasteiger partial charge in [0.05, 0.1) is 45.1 Å². The van der Waals surface area contributed by atoms with Gasteiger partial charge in [-0.2, -0.15) is 0 Å². The Labute approximate surface area is 179 Å². The van der Waals surface area contributed by atoms with E-state index >= 15 is 0 Å². The molecule has 0 spiro atoms. The average molecular weight is 413 g/mol. The number of quaternary nitrogens is 1. The molecule has 0 unspecified atom stereocenters. The Balaban J connectivity index is 1.57. The van der Waals surface area contributed by atoms with Crippen molar-refractivity contribution in [2.75, 3.05) is 56.2 Å². The quantitative estimate of drug-likeness (QED) is 0.699. The van der Waals surface area contributed by atoms with Crippen molar-refractivity contribution in [1.29, 1.82) is 0 Å². The lowest BCUT2D eigenvalue weighted by Gasteiger charge is -2.34. The maximum atomic E-state index is 12.7. The van der Waals surface area contributed by atoms with Gasteiger partial charge in [0.1, 0.15) is 11.5 Å². The Hall–Kier alpha value is -2.73. The van der Waals surface area contributed by atoms with Crippen LogP contribution in [0.15, 0.2) is 36.4 Å². The number of carbonyl (C=O) groups excluding carboxylic acids is 1. The summed E-state index contributed by atoms with van der Waals surface area (Å²) in [6.07, 6.45) is 0. The fourth-order valence-corrected chi connectivity index (χ4v) is 3.87. The van der Waals surface area contributed by atoms with Crippen molar-refractivity contribution in [2.24, 2.45) is 0 Å². The van der Waals surface area contributed by atoms with Crippen LogP contribution in [0.3, 0.4) is 0 Å². The number of amides is 1. The van der Waals surface area contributed by atoms with Crippen LogP contribution in [0, 0.1) is 13.8 Å². The van der Waals surface area contributed by atoms with Crippen molar-refractivity contribution >= 4 is 17.3 Å². The second-order valence-electron chi connectivity index (χ2n) is 7.78.